The first-order valence-electron chi connectivity index (χ1n) is 7.42. The van der Waals surface area contributed by atoms with Crippen molar-refractivity contribution in [2.75, 3.05) is 13.6 Å². The van der Waals surface area contributed by atoms with Gasteiger partial charge in [-0.15, -0.1) is 0 Å². The lowest BCUT2D eigenvalue weighted by Gasteiger charge is -2.44. The van der Waals surface area contributed by atoms with E-state index in [1.165, 1.54) is 24.9 Å². The summed E-state index contributed by atoms with van der Waals surface area (Å²) >= 11 is 0. The van der Waals surface area contributed by atoms with Gasteiger partial charge in [-0.25, -0.2) is 0 Å². The van der Waals surface area contributed by atoms with Crippen LogP contribution in [-0.4, -0.2) is 29.1 Å². The summed E-state index contributed by atoms with van der Waals surface area (Å²) in [4.78, 5) is 2.59. The lowest BCUT2D eigenvalue weighted by atomic mass is 9.73. The van der Waals surface area contributed by atoms with Gasteiger partial charge in [0.25, 0.3) is 0 Å². The molecule has 19 heavy (non-hydrogen) atoms. The molecule has 0 unspecified atom stereocenters. The van der Waals surface area contributed by atoms with Crippen molar-refractivity contribution in [1.29, 1.82) is 0 Å². The molecular formula is C17H22N2. The first-order valence-corrected chi connectivity index (χ1v) is 7.42. The van der Waals surface area contributed by atoms with Crippen LogP contribution >= 0.6 is 0 Å². The Bertz CT molecular complexity index is 640. The van der Waals surface area contributed by atoms with Gasteiger partial charge < -0.3 is 9.47 Å². The molecule has 2 aliphatic rings. The molecule has 2 aromatic rings. The van der Waals surface area contributed by atoms with Crippen molar-refractivity contribution < 1.29 is 0 Å². The predicted molar refractivity (Wildman–Crippen MR) is 79.6 cm³/mol. The fourth-order valence-electron chi connectivity index (χ4n) is 4.49. The van der Waals surface area contributed by atoms with E-state index in [1.807, 2.05) is 0 Å². The third kappa shape index (κ3) is 1.53. The minimum absolute atomic E-state index is 0.705. The van der Waals surface area contributed by atoms with Crippen LogP contribution in [0.5, 0.6) is 0 Å². The highest BCUT2D eigenvalue weighted by Crippen LogP contribution is 2.44. The molecule has 1 aromatic carbocycles. The molecule has 1 aromatic heterocycles. The zero-order chi connectivity index (χ0) is 13.1. The average molecular weight is 254 g/mol. The molecule has 1 aliphatic heterocycles. The third-order valence-electron chi connectivity index (χ3n) is 5.24. The number of likely N-dealkylation sites (tertiary alicyclic amines) is 1. The van der Waals surface area contributed by atoms with E-state index in [9.17, 15) is 0 Å². The molecule has 4 rings (SSSR count). The Morgan fingerprint density at radius 3 is 2.89 bits per heavy atom. The van der Waals surface area contributed by atoms with E-state index >= 15 is 0 Å². The second-order valence-corrected chi connectivity index (χ2v) is 6.67. The highest BCUT2D eigenvalue weighted by atomic mass is 15.1. The summed E-state index contributed by atoms with van der Waals surface area (Å²) in [6, 6.07) is 7.58. The van der Waals surface area contributed by atoms with E-state index in [0.717, 1.165) is 11.8 Å². The molecule has 100 valence electrons. The minimum atomic E-state index is 0.705. The minimum Gasteiger partial charge on any atom is -0.350 e. The summed E-state index contributed by atoms with van der Waals surface area (Å²) in [5.74, 6) is 1.54. The second kappa shape index (κ2) is 3.86. The van der Waals surface area contributed by atoms with Crippen LogP contribution in [-0.2, 0) is 13.5 Å². The number of aromatic nitrogens is 1. The van der Waals surface area contributed by atoms with E-state index in [-0.39, 0.29) is 0 Å². The summed E-state index contributed by atoms with van der Waals surface area (Å²) in [7, 11) is 4.48. The molecule has 1 saturated heterocycles. The van der Waals surface area contributed by atoms with Crippen LogP contribution in [0.3, 0.4) is 0 Å². The van der Waals surface area contributed by atoms with Crippen molar-refractivity contribution in [2.24, 2.45) is 13.0 Å². The van der Waals surface area contributed by atoms with Crippen molar-refractivity contribution >= 4 is 10.9 Å². The van der Waals surface area contributed by atoms with Gasteiger partial charge in [0, 0.05) is 42.7 Å². The van der Waals surface area contributed by atoms with E-state index in [0.29, 0.717) is 6.04 Å². The van der Waals surface area contributed by atoms with Crippen molar-refractivity contribution in [3.8, 4) is 0 Å². The molecular weight excluding hydrogens is 232 g/mol. The summed E-state index contributed by atoms with van der Waals surface area (Å²) in [5.41, 5.74) is 4.56. The second-order valence-electron chi connectivity index (χ2n) is 6.67. The standard InChI is InChI=1S/C17H22N2/c1-11-7-14-13-5-4-6-15-17(13)12(10-19(15)3)8-16(14)18(2)9-11/h4-6,10-11,14,16H,7-9H2,1-3H3/t11-,14-,16-/m1/s1. The molecule has 2 heterocycles. The smallest absolute Gasteiger partial charge is 0.0483 e. The quantitative estimate of drug-likeness (QED) is 0.701. The zero-order valence-corrected chi connectivity index (χ0v) is 12.1. The summed E-state index contributed by atoms with van der Waals surface area (Å²) in [6.45, 7) is 3.65. The van der Waals surface area contributed by atoms with Gasteiger partial charge in [-0.1, -0.05) is 19.1 Å². The van der Waals surface area contributed by atoms with E-state index in [2.05, 4.69) is 54.9 Å². The Balaban J connectivity index is 1.94. The van der Waals surface area contributed by atoms with Gasteiger partial charge in [-0.2, -0.15) is 0 Å². The highest BCUT2D eigenvalue weighted by Gasteiger charge is 2.38. The van der Waals surface area contributed by atoms with Crippen molar-refractivity contribution in [1.82, 2.24) is 9.47 Å². The Hall–Kier alpha value is -1.28. The molecule has 1 fully saturated rings. The van der Waals surface area contributed by atoms with Gasteiger partial charge in [-0.3, -0.25) is 0 Å². The molecule has 3 atom stereocenters. The fourth-order valence-corrected chi connectivity index (χ4v) is 4.49. The number of likely N-dealkylation sites (N-methyl/N-ethyl adjacent to an activating group) is 1. The molecule has 2 nitrogen and oxygen atoms in total. The first-order chi connectivity index (χ1) is 9.15. The van der Waals surface area contributed by atoms with Crippen LogP contribution in [0.15, 0.2) is 24.4 Å². The normalized spacial score (nSPS) is 30.6. The van der Waals surface area contributed by atoms with Crippen LogP contribution in [0.25, 0.3) is 10.9 Å². The van der Waals surface area contributed by atoms with Gasteiger partial charge in [0.1, 0.15) is 0 Å². The molecule has 0 radical (unpaired) electrons. The molecule has 0 spiro atoms. The van der Waals surface area contributed by atoms with Gasteiger partial charge >= 0.3 is 0 Å². The van der Waals surface area contributed by atoms with Crippen LogP contribution in [0.2, 0.25) is 0 Å². The number of nitrogens with zero attached hydrogens (tertiary/aromatic N) is 2. The van der Waals surface area contributed by atoms with E-state index in [1.54, 1.807) is 16.5 Å². The monoisotopic (exact) mass is 254 g/mol. The number of fused-ring (bicyclic) bond motifs is 2. The lowest BCUT2D eigenvalue weighted by Crippen LogP contribution is -2.47. The third-order valence-corrected chi connectivity index (χ3v) is 5.24. The maximum atomic E-state index is 2.59. The van der Waals surface area contributed by atoms with Crippen LogP contribution < -0.4 is 0 Å². The largest absolute Gasteiger partial charge is 0.350 e. The van der Waals surface area contributed by atoms with E-state index < -0.39 is 0 Å². The van der Waals surface area contributed by atoms with Gasteiger partial charge in [0.15, 0.2) is 0 Å². The molecule has 0 amide bonds. The van der Waals surface area contributed by atoms with Gasteiger partial charge in [0.05, 0.1) is 0 Å². The number of rotatable bonds is 0. The van der Waals surface area contributed by atoms with Gasteiger partial charge in [0.2, 0.25) is 0 Å². The molecule has 0 saturated carbocycles. The lowest BCUT2D eigenvalue weighted by molar-refractivity contribution is 0.119. The number of piperidine rings is 1. The number of hydrogen-bond donors (Lipinski definition) is 0. The number of hydrogen-bond acceptors (Lipinski definition) is 1. The number of aryl methyl sites for hydroxylation is 1. The predicted octanol–water partition coefficient (Wildman–Crippen LogP) is 3.16. The molecule has 2 heteroatoms. The highest BCUT2D eigenvalue weighted by molar-refractivity contribution is 5.89. The Morgan fingerprint density at radius 1 is 1.21 bits per heavy atom. The fraction of sp³-hybridized carbons (Fsp3) is 0.529. The zero-order valence-electron chi connectivity index (χ0n) is 12.1. The van der Waals surface area contributed by atoms with Gasteiger partial charge in [-0.05, 0) is 43.0 Å². The summed E-state index contributed by atoms with van der Waals surface area (Å²) in [5, 5.41) is 1.55. The molecule has 0 bridgehead atoms. The van der Waals surface area contributed by atoms with Crippen LogP contribution in [0.4, 0.5) is 0 Å². The van der Waals surface area contributed by atoms with Crippen molar-refractivity contribution in [3.05, 3.63) is 35.5 Å². The number of benzene rings is 1. The van der Waals surface area contributed by atoms with Crippen molar-refractivity contribution in [2.45, 2.75) is 31.7 Å². The Kier molecular flexibility index (Phi) is 2.34. The summed E-state index contributed by atoms with van der Waals surface area (Å²) in [6.07, 6.45) is 4.92. The molecule has 1 aliphatic carbocycles. The van der Waals surface area contributed by atoms with Crippen LogP contribution in [0, 0.1) is 5.92 Å². The SMILES string of the molecule is C[C@@H]1C[C@@H]2c3cccc4c3c(cn4C)C[C@H]2N(C)C1. The first kappa shape index (κ1) is 11.5. The Labute approximate surface area is 115 Å². The maximum Gasteiger partial charge on any atom is 0.0483 e. The molecule has 0 N–H and O–H groups in total. The summed E-state index contributed by atoms with van der Waals surface area (Å²) < 4.78 is 2.30. The maximum absolute atomic E-state index is 2.59. The Morgan fingerprint density at radius 2 is 2.05 bits per heavy atom. The van der Waals surface area contributed by atoms with Crippen molar-refractivity contribution in [3.63, 3.8) is 0 Å². The average Bonchev–Trinajstić information content (AvgIpc) is 2.70. The van der Waals surface area contributed by atoms with E-state index in [4.69, 9.17) is 0 Å². The van der Waals surface area contributed by atoms with Crippen LogP contribution in [0.1, 0.15) is 30.4 Å². The topological polar surface area (TPSA) is 8.17 Å².